The number of rotatable bonds is 2. The van der Waals surface area contributed by atoms with E-state index in [4.69, 9.17) is 0 Å². The van der Waals surface area contributed by atoms with Crippen molar-refractivity contribution in [2.24, 2.45) is 0 Å². The molecule has 130 valence electrons. The van der Waals surface area contributed by atoms with Crippen LogP contribution in [0.1, 0.15) is 18.4 Å². The fourth-order valence-electron chi connectivity index (χ4n) is 3.19. The molecule has 4 rings (SSSR count). The molecule has 0 bridgehead atoms. The number of anilines is 1. The molecule has 0 spiro atoms. The van der Waals surface area contributed by atoms with Gasteiger partial charge in [-0.2, -0.15) is 13.2 Å². The van der Waals surface area contributed by atoms with Gasteiger partial charge in [-0.3, -0.25) is 0 Å². The summed E-state index contributed by atoms with van der Waals surface area (Å²) >= 11 is 0. The number of halogens is 4. The Bertz CT molecular complexity index is 906. The number of H-pyrrole nitrogens is 1. The summed E-state index contributed by atoms with van der Waals surface area (Å²) < 4.78 is 52.1. The van der Waals surface area contributed by atoms with Crippen LogP contribution < -0.4 is 4.90 Å². The Balaban J connectivity index is 1.69. The van der Waals surface area contributed by atoms with E-state index in [9.17, 15) is 17.6 Å². The van der Waals surface area contributed by atoms with Gasteiger partial charge in [0.05, 0.1) is 16.6 Å². The Morgan fingerprint density at radius 3 is 2.32 bits per heavy atom. The maximum atomic E-state index is 13.7. The molecule has 1 aliphatic rings. The number of hydrogen-bond donors (Lipinski definition) is 1. The fraction of sp³-hybridized carbons (Fsp3) is 0.278. The molecule has 1 aromatic heterocycles. The van der Waals surface area contributed by atoms with Gasteiger partial charge in [-0.05, 0) is 43.2 Å². The van der Waals surface area contributed by atoms with Crippen molar-refractivity contribution in [2.45, 2.75) is 19.0 Å². The molecule has 2 heterocycles. The van der Waals surface area contributed by atoms with Gasteiger partial charge in [0.2, 0.25) is 0 Å². The monoisotopic (exact) mass is 349 g/mol. The van der Waals surface area contributed by atoms with E-state index in [0.717, 1.165) is 36.5 Å². The fourth-order valence-corrected chi connectivity index (χ4v) is 3.19. The van der Waals surface area contributed by atoms with Gasteiger partial charge in [-0.25, -0.2) is 9.37 Å². The minimum atomic E-state index is -4.74. The SMILES string of the molecule is Fc1cc2nc(-c3ccc(N4CCCC4)cc3)[nH]c2cc1C(F)(F)F. The summed E-state index contributed by atoms with van der Waals surface area (Å²) in [6, 6.07) is 9.25. The van der Waals surface area contributed by atoms with Crippen LogP contribution in [0.15, 0.2) is 36.4 Å². The molecule has 25 heavy (non-hydrogen) atoms. The first-order chi connectivity index (χ1) is 11.9. The van der Waals surface area contributed by atoms with E-state index < -0.39 is 17.6 Å². The van der Waals surface area contributed by atoms with E-state index in [0.29, 0.717) is 5.82 Å². The van der Waals surface area contributed by atoms with Crippen LogP contribution in [0.5, 0.6) is 0 Å². The Morgan fingerprint density at radius 2 is 1.68 bits per heavy atom. The average molecular weight is 349 g/mol. The molecule has 2 aromatic carbocycles. The first-order valence-corrected chi connectivity index (χ1v) is 8.04. The van der Waals surface area contributed by atoms with Crippen LogP contribution in [-0.4, -0.2) is 23.1 Å². The molecule has 1 saturated heterocycles. The summed E-state index contributed by atoms with van der Waals surface area (Å²) in [5, 5.41) is 0. The van der Waals surface area contributed by atoms with E-state index in [1.54, 1.807) is 0 Å². The van der Waals surface area contributed by atoms with Gasteiger partial charge in [0.25, 0.3) is 0 Å². The molecule has 1 N–H and O–H groups in total. The molecule has 0 radical (unpaired) electrons. The molecule has 0 atom stereocenters. The molecule has 1 fully saturated rings. The maximum absolute atomic E-state index is 13.7. The number of hydrogen-bond acceptors (Lipinski definition) is 2. The number of benzene rings is 2. The molecular weight excluding hydrogens is 334 g/mol. The zero-order chi connectivity index (χ0) is 17.6. The van der Waals surface area contributed by atoms with Gasteiger partial charge in [-0.1, -0.05) is 0 Å². The Kier molecular flexibility index (Phi) is 3.67. The summed E-state index contributed by atoms with van der Waals surface area (Å²) in [5.41, 5.74) is 0.895. The number of aromatic amines is 1. The van der Waals surface area contributed by atoms with Crippen LogP contribution in [0.25, 0.3) is 22.4 Å². The van der Waals surface area contributed by atoms with Crippen molar-refractivity contribution in [3.8, 4) is 11.4 Å². The number of nitrogens with one attached hydrogen (secondary N) is 1. The van der Waals surface area contributed by atoms with Crippen molar-refractivity contribution in [3.05, 3.63) is 47.8 Å². The molecule has 0 aliphatic carbocycles. The van der Waals surface area contributed by atoms with E-state index in [1.165, 1.54) is 12.8 Å². The number of imidazole rings is 1. The highest BCUT2D eigenvalue weighted by atomic mass is 19.4. The number of aromatic nitrogens is 2. The quantitative estimate of drug-likeness (QED) is 0.661. The van der Waals surface area contributed by atoms with Crippen molar-refractivity contribution >= 4 is 16.7 Å². The smallest absolute Gasteiger partial charge is 0.372 e. The predicted molar refractivity (Wildman–Crippen MR) is 87.9 cm³/mol. The van der Waals surface area contributed by atoms with Gasteiger partial charge in [0, 0.05) is 30.4 Å². The van der Waals surface area contributed by atoms with Crippen LogP contribution in [0.2, 0.25) is 0 Å². The number of nitrogens with zero attached hydrogens (tertiary/aromatic N) is 2. The summed E-state index contributed by atoms with van der Waals surface area (Å²) in [6.07, 6.45) is -2.38. The van der Waals surface area contributed by atoms with Gasteiger partial charge in [-0.15, -0.1) is 0 Å². The Labute approximate surface area is 141 Å². The lowest BCUT2D eigenvalue weighted by atomic mass is 10.2. The van der Waals surface area contributed by atoms with Gasteiger partial charge in [0.1, 0.15) is 11.6 Å². The van der Waals surface area contributed by atoms with Crippen molar-refractivity contribution in [1.29, 1.82) is 0 Å². The molecule has 0 amide bonds. The second kappa shape index (κ2) is 5.75. The standard InChI is InChI=1S/C18H15F4N3/c19-14-10-16-15(9-13(14)18(20,21)22)23-17(24-16)11-3-5-12(6-4-11)25-7-1-2-8-25/h3-6,9-10H,1-2,7-8H2,(H,23,24). The van der Waals surface area contributed by atoms with Crippen LogP contribution in [0.3, 0.4) is 0 Å². The summed E-state index contributed by atoms with van der Waals surface area (Å²) in [6.45, 7) is 2.06. The Hall–Kier alpha value is -2.57. The van der Waals surface area contributed by atoms with Gasteiger partial charge >= 0.3 is 6.18 Å². The topological polar surface area (TPSA) is 31.9 Å². The number of fused-ring (bicyclic) bond motifs is 1. The highest BCUT2D eigenvalue weighted by molar-refractivity contribution is 5.80. The lowest BCUT2D eigenvalue weighted by molar-refractivity contribution is -0.139. The van der Waals surface area contributed by atoms with E-state index in [1.807, 2.05) is 24.3 Å². The lowest BCUT2D eigenvalue weighted by Gasteiger charge is -2.17. The second-order valence-corrected chi connectivity index (χ2v) is 6.17. The summed E-state index contributed by atoms with van der Waals surface area (Å²) in [4.78, 5) is 9.35. The predicted octanol–water partition coefficient (Wildman–Crippen LogP) is 4.99. The third kappa shape index (κ3) is 2.94. The van der Waals surface area contributed by atoms with Gasteiger partial charge < -0.3 is 9.88 Å². The first kappa shape index (κ1) is 15.9. The average Bonchev–Trinajstić information content (AvgIpc) is 3.22. The largest absolute Gasteiger partial charge is 0.419 e. The van der Waals surface area contributed by atoms with Crippen molar-refractivity contribution < 1.29 is 17.6 Å². The van der Waals surface area contributed by atoms with Crippen molar-refractivity contribution in [2.75, 3.05) is 18.0 Å². The lowest BCUT2D eigenvalue weighted by Crippen LogP contribution is -2.17. The summed E-state index contributed by atoms with van der Waals surface area (Å²) in [5.74, 6) is -0.899. The van der Waals surface area contributed by atoms with Crippen LogP contribution in [0.4, 0.5) is 23.2 Å². The molecule has 3 aromatic rings. The summed E-state index contributed by atoms with van der Waals surface area (Å²) in [7, 11) is 0. The molecule has 0 saturated carbocycles. The van der Waals surface area contributed by atoms with Crippen LogP contribution >= 0.6 is 0 Å². The van der Waals surface area contributed by atoms with Crippen molar-refractivity contribution in [3.63, 3.8) is 0 Å². The van der Waals surface area contributed by atoms with E-state index in [-0.39, 0.29) is 11.0 Å². The molecule has 3 nitrogen and oxygen atoms in total. The van der Waals surface area contributed by atoms with Crippen LogP contribution in [0, 0.1) is 5.82 Å². The van der Waals surface area contributed by atoms with Crippen molar-refractivity contribution in [1.82, 2.24) is 9.97 Å². The molecule has 7 heteroatoms. The van der Waals surface area contributed by atoms with E-state index in [2.05, 4.69) is 14.9 Å². The normalized spacial score (nSPS) is 15.3. The highest BCUT2D eigenvalue weighted by Crippen LogP contribution is 2.34. The third-order valence-corrected chi connectivity index (χ3v) is 4.49. The highest BCUT2D eigenvalue weighted by Gasteiger charge is 2.34. The third-order valence-electron chi connectivity index (χ3n) is 4.49. The molecule has 1 aliphatic heterocycles. The zero-order valence-corrected chi connectivity index (χ0v) is 13.2. The van der Waals surface area contributed by atoms with Gasteiger partial charge in [0.15, 0.2) is 0 Å². The zero-order valence-electron chi connectivity index (χ0n) is 13.2. The molecule has 0 unspecified atom stereocenters. The first-order valence-electron chi connectivity index (χ1n) is 8.04. The Morgan fingerprint density at radius 1 is 1.00 bits per heavy atom. The maximum Gasteiger partial charge on any atom is 0.419 e. The molecular formula is C18H15F4N3. The minimum Gasteiger partial charge on any atom is -0.372 e. The van der Waals surface area contributed by atoms with E-state index >= 15 is 0 Å². The van der Waals surface area contributed by atoms with Crippen LogP contribution in [-0.2, 0) is 6.18 Å². The minimum absolute atomic E-state index is 0.160. The number of alkyl halides is 3. The second-order valence-electron chi connectivity index (χ2n) is 6.17.